The van der Waals surface area contributed by atoms with E-state index in [4.69, 9.17) is 11.5 Å². The molecule has 0 saturated carbocycles. The second-order valence-corrected chi connectivity index (χ2v) is 2.08. The first-order valence-corrected chi connectivity index (χ1v) is 3.24. The van der Waals surface area contributed by atoms with E-state index in [-0.39, 0.29) is 35.5 Å². The molecule has 11 heavy (non-hydrogen) atoms. The molecule has 0 unspecified atom stereocenters. The van der Waals surface area contributed by atoms with E-state index in [1.807, 2.05) is 6.92 Å². The van der Waals surface area contributed by atoms with Crippen molar-refractivity contribution in [2.45, 2.75) is 6.92 Å². The van der Waals surface area contributed by atoms with E-state index in [9.17, 15) is 0 Å². The Labute approximate surface area is 89.6 Å². The van der Waals surface area contributed by atoms with Gasteiger partial charge < -0.3 is 16.3 Å². The molecule has 4 nitrogen and oxygen atoms in total. The molecule has 5 heteroatoms. The first kappa shape index (κ1) is 13.9. The predicted octanol–water partition coefficient (Wildman–Crippen LogP) is -1.11. The molecule has 0 aliphatic rings. The minimum absolute atomic E-state index is 0. The molecule has 0 bridgehead atoms. The van der Waals surface area contributed by atoms with E-state index in [1.165, 1.54) is 7.11 Å². The Kier molecular flexibility index (Phi) is 10.8. The molecule has 0 aliphatic carbocycles. The molecule has 0 saturated heterocycles. The van der Waals surface area contributed by atoms with Crippen molar-refractivity contribution in [2.24, 2.45) is 22.5 Å². The fourth-order valence-electron chi connectivity index (χ4n) is 0.656. The Morgan fingerprint density at radius 1 is 1.45 bits per heavy atom. The second kappa shape index (κ2) is 8.49. The van der Waals surface area contributed by atoms with Crippen molar-refractivity contribution in [1.29, 1.82) is 0 Å². The molecule has 0 aromatic rings. The van der Waals surface area contributed by atoms with E-state index >= 15 is 0 Å². The minimum atomic E-state index is 0. The van der Waals surface area contributed by atoms with Crippen molar-refractivity contribution in [3.63, 3.8) is 0 Å². The Morgan fingerprint density at radius 2 is 1.91 bits per heavy atom. The number of rotatable bonds is 4. The fraction of sp³-hybridized carbons (Fsp3) is 0.833. The van der Waals surface area contributed by atoms with Gasteiger partial charge in [-0.15, -0.1) is 0 Å². The van der Waals surface area contributed by atoms with Gasteiger partial charge in [-0.3, -0.25) is 0 Å². The molecule has 0 aromatic heterocycles. The Balaban J connectivity index is 0. The van der Waals surface area contributed by atoms with Crippen LogP contribution in [0.5, 0.6) is 0 Å². The summed E-state index contributed by atoms with van der Waals surface area (Å²) in [5.41, 5.74) is 11.7. The quantitative estimate of drug-likeness (QED) is 0.318. The second-order valence-electron chi connectivity index (χ2n) is 2.08. The standard InChI is InChI=1S/C6H15N3O.Na.H/c1-5(9-10-2)6(3-7)4-8;;/h6H,3-4,7-8H2,1-2H3;;. The maximum absolute atomic E-state index is 5.40. The molecule has 0 radical (unpaired) electrons. The Hall–Kier alpha value is 0.390. The first-order chi connectivity index (χ1) is 4.76. The topological polar surface area (TPSA) is 73.6 Å². The SMILES string of the molecule is CON=C(C)C(CN)CN.[NaH]. The number of nitrogens with zero attached hydrogens (tertiary/aromatic N) is 1. The van der Waals surface area contributed by atoms with Crippen LogP contribution in [0.4, 0.5) is 0 Å². The summed E-state index contributed by atoms with van der Waals surface area (Å²) in [5, 5.41) is 3.72. The van der Waals surface area contributed by atoms with Gasteiger partial charge in [-0.2, -0.15) is 0 Å². The van der Waals surface area contributed by atoms with Crippen molar-refractivity contribution >= 4 is 35.3 Å². The molecular weight excluding hydrogens is 153 g/mol. The summed E-state index contributed by atoms with van der Waals surface area (Å²) in [6, 6.07) is 0. The van der Waals surface area contributed by atoms with Crippen LogP contribution in [0.2, 0.25) is 0 Å². The van der Waals surface area contributed by atoms with Crippen LogP contribution in [0.25, 0.3) is 0 Å². The van der Waals surface area contributed by atoms with Crippen LogP contribution in [0.1, 0.15) is 6.92 Å². The van der Waals surface area contributed by atoms with Gasteiger partial charge in [0.05, 0.1) is 5.71 Å². The summed E-state index contributed by atoms with van der Waals surface area (Å²) < 4.78 is 0. The van der Waals surface area contributed by atoms with Crippen LogP contribution >= 0.6 is 0 Å². The monoisotopic (exact) mass is 169 g/mol. The molecule has 0 rings (SSSR count). The summed E-state index contributed by atoms with van der Waals surface area (Å²) in [6.45, 7) is 2.90. The van der Waals surface area contributed by atoms with Gasteiger partial charge in [0.2, 0.25) is 0 Å². The predicted molar refractivity (Wildman–Crippen MR) is 48.9 cm³/mol. The van der Waals surface area contributed by atoms with Gasteiger partial charge in [-0.1, -0.05) is 5.16 Å². The molecule has 0 heterocycles. The maximum atomic E-state index is 5.40. The van der Waals surface area contributed by atoms with Crippen LogP contribution in [0.3, 0.4) is 0 Å². The number of oxime groups is 1. The van der Waals surface area contributed by atoms with E-state index in [0.29, 0.717) is 13.1 Å². The van der Waals surface area contributed by atoms with Crippen molar-refractivity contribution in [3.05, 3.63) is 0 Å². The third kappa shape index (κ3) is 5.64. The number of nitrogens with two attached hydrogens (primary N) is 2. The molecule has 0 atom stereocenters. The molecule has 0 fully saturated rings. The van der Waals surface area contributed by atoms with Crippen LogP contribution in [0.15, 0.2) is 5.16 Å². The summed E-state index contributed by atoms with van der Waals surface area (Å²) in [5.74, 6) is 0.153. The molecule has 0 aromatic carbocycles. The molecule has 62 valence electrons. The van der Waals surface area contributed by atoms with Crippen LogP contribution in [-0.2, 0) is 4.84 Å². The Bertz CT molecular complexity index is 114. The zero-order valence-corrected chi connectivity index (χ0v) is 6.50. The fourth-order valence-corrected chi connectivity index (χ4v) is 0.656. The van der Waals surface area contributed by atoms with Crippen molar-refractivity contribution in [1.82, 2.24) is 0 Å². The molecular formula is C6H16N3NaO. The average Bonchev–Trinajstić information content (AvgIpc) is 1.91. The molecule has 0 amide bonds. The summed E-state index contributed by atoms with van der Waals surface area (Å²) in [7, 11) is 1.51. The zero-order valence-electron chi connectivity index (χ0n) is 6.50. The molecule has 4 N–H and O–H groups in total. The summed E-state index contributed by atoms with van der Waals surface area (Å²) in [6.07, 6.45) is 0. The third-order valence-electron chi connectivity index (χ3n) is 1.40. The van der Waals surface area contributed by atoms with Gasteiger partial charge >= 0.3 is 29.6 Å². The van der Waals surface area contributed by atoms with E-state index in [0.717, 1.165) is 5.71 Å². The third-order valence-corrected chi connectivity index (χ3v) is 1.40. The van der Waals surface area contributed by atoms with Crippen LogP contribution < -0.4 is 11.5 Å². The van der Waals surface area contributed by atoms with Gasteiger partial charge in [0.25, 0.3) is 0 Å². The first-order valence-electron chi connectivity index (χ1n) is 3.24. The summed E-state index contributed by atoms with van der Waals surface area (Å²) >= 11 is 0. The summed E-state index contributed by atoms with van der Waals surface area (Å²) in [4.78, 5) is 4.57. The molecule has 0 spiro atoms. The van der Waals surface area contributed by atoms with Crippen molar-refractivity contribution in [3.8, 4) is 0 Å². The van der Waals surface area contributed by atoms with Crippen LogP contribution in [-0.4, -0.2) is 55.5 Å². The van der Waals surface area contributed by atoms with Crippen molar-refractivity contribution in [2.75, 3.05) is 20.2 Å². The van der Waals surface area contributed by atoms with Gasteiger partial charge in [0.15, 0.2) is 0 Å². The zero-order chi connectivity index (χ0) is 7.98. The number of hydrogen-bond donors (Lipinski definition) is 2. The van der Waals surface area contributed by atoms with Gasteiger partial charge in [0.1, 0.15) is 7.11 Å². The van der Waals surface area contributed by atoms with Gasteiger partial charge in [0, 0.05) is 19.0 Å². The van der Waals surface area contributed by atoms with Crippen molar-refractivity contribution < 1.29 is 4.84 Å². The average molecular weight is 169 g/mol. The van der Waals surface area contributed by atoms with Crippen LogP contribution in [0, 0.1) is 5.92 Å². The number of hydrogen-bond acceptors (Lipinski definition) is 4. The van der Waals surface area contributed by atoms with Gasteiger partial charge in [-0.05, 0) is 6.92 Å². The van der Waals surface area contributed by atoms with Gasteiger partial charge in [-0.25, -0.2) is 0 Å². The molecule has 0 aliphatic heterocycles. The van der Waals surface area contributed by atoms with E-state index < -0.39 is 0 Å². The Morgan fingerprint density at radius 3 is 2.18 bits per heavy atom. The normalized spacial score (nSPS) is 11.2. The van der Waals surface area contributed by atoms with E-state index in [2.05, 4.69) is 9.99 Å². The van der Waals surface area contributed by atoms with E-state index in [1.54, 1.807) is 0 Å².